The van der Waals surface area contributed by atoms with Crippen molar-refractivity contribution in [2.75, 3.05) is 29.6 Å². The first-order chi connectivity index (χ1) is 15.3. The highest BCUT2D eigenvalue weighted by atomic mass is 79.9. The van der Waals surface area contributed by atoms with Gasteiger partial charge in [-0.2, -0.15) is 4.99 Å². The van der Waals surface area contributed by atoms with Crippen molar-refractivity contribution >= 4 is 54.3 Å². The minimum absolute atomic E-state index is 0.00678. The van der Waals surface area contributed by atoms with Crippen molar-refractivity contribution in [3.8, 4) is 11.5 Å². The predicted molar refractivity (Wildman–Crippen MR) is 131 cm³/mol. The number of hydrogen-bond acceptors (Lipinski definition) is 6. The van der Waals surface area contributed by atoms with Crippen molar-refractivity contribution in [2.45, 2.75) is 25.1 Å². The van der Waals surface area contributed by atoms with Crippen LogP contribution >= 0.6 is 27.7 Å². The van der Waals surface area contributed by atoms with Gasteiger partial charge in [0.15, 0.2) is 26.5 Å². The lowest BCUT2D eigenvalue weighted by Crippen LogP contribution is -2.38. The van der Waals surface area contributed by atoms with Gasteiger partial charge in [0, 0.05) is 27.4 Å². The molecule has 2 fully saturated rings. The lowest BCUT2D eigenvalue weighted by molar-refractivity contribution is 0.100. The molecule has 0 bridgehead atoms. The minimum Gasteiger partial charge on any atom is -0.490 e. The molecule has 0 aromatic heterocycles. The molecule has 2 aliphatic heterocycles. The molecule has 0 unspecified atom stereocenters. The summed E-state index contributed by atoms with van der Waals surface area (Å²) >= 11 is 4.94. The molecule has 10 heteroatoms. The number of sulfone groups is 1. The highest BCUT2D eigenvalue weighted by Gasteiger charge is 2.50. The molecule has 170 valence electrons. The quantitative estimate of drug-likeness (QED) is 0.545. The Kier molecular flexibility index (Phi) is 6.83. The summed E-state index contributed by atoms with van der Waals surface area (Å²) in [4.78, 5) is 19.1. The molecule has 0 aliphatic carbocycles. The first-order valence-electron chi connectivity index (χ1n) is 10.3. The Hall–Kier alpha value is -2.04. The normalized spacial score (nSPS) is 22.7. The molecular formula is C22H23BrN2O5S2. The van der Waals surface area contributed by atoms with Crippen molar-refractivity contribution in [1.82, 2.24) is 0 Å². The summed E-state index contributed by atoms with van der Waals surface area (Å²) < 4.78 is 36.9. The molecule has 0 radical (unpaired) electrons. The third-order valence-electron chi connectivity index (χ3n) is 5.16. The van der Waals surface area contributed by atoms with E-state index in [4.69, 9.17) is 9.47 Å². The van der Waals surface area contributed by atoms with Crippen LogP contribution in [-0.4, -0.2) is 55.5 Å². The van der Waals surface area contributed by atoms with E-state index in [0.717, 1.165) is 0 Å². The number of amidine groups is 1. The van der Waals surface area contributed by atoms with Gasteiger partial charge < -0.3 is 14.4 Å². The lowest BCUT2D eigenvalue weighted by atomic mass is 10.2. The van der Waals surface area contributed by atoms with Crippen molar-refractivity contribution < 1.29 is 22.7 Å². The fourth-order valence-corrected chi connectivity index (χ4v) is 8.24. The Morgan fingerprint density at radius 1 is 1.12 bits per heavy atom. The number of fused-ring (bicyclic) bond motifs is 1. The van der Waals surface area contributed by atoms with Crippen molar-refractivity contribution in [2.24, 2.45) is 4.99 Å². The van der Waals surface area contributed by atoms with E-state index in [9.17, 15) is 13.2 Å². The summed E-state index contributed by atoms with van der Waals surface area (Å²) in [6, 6.07) is 12.1. The molecule has 1 amide bonds. The van der Waals surface area contributed by atoms with E-state index >= 15 is 0 Å². The molecule has 2 atom stereocenters. The topological polar surface area (TPSA) is 85.3 Å². The zero-order valence-electron chi connectivity index (χ0n) is 17.7. The van der Waals surface area contributed by atoms with E-state index in [1.54, 1.807) is 24.3 Å². The monoisotopic (exact) mass is 538 g/mol. The van der Waals surface area contributed by atoms with E-state index < -0.39 is 9.84 Å². The van der Waals surface area contributed by atoms with Gasteiger partial charge in [-0.25, -0.2) is 8.42 Å². The molecule has 2 aromatic carbocycles. The molecule has 0 spiro atoms. The number of aliphatic imine (C=N–C) groups is 1. The van der Waals surface area contributed by atoms with Gasteiger partial charge in [-0.1, -0.05) is 30.0 Å². The van der Waals surface area contributed by atoms with Crippen LogP contribution in [0.2, 0.25) is 0 Å². The second-order valence-electron chi connectivity index (χ2n) is 7.35. The molecule has 4 rings (SSSR count). The summed E-state index contributed by atoms with van der Waals surface area (Å²) in [6.45, 7) is 4.70. The number of amides is 1. The van der Waals surface area contributed by atoms with Crippen LogP contribution in [0.3, 0.4) is 0 Å². The SMILES string of the molecule is CCOc1cc(Br)c(N2C(=NC(=O)c3ccccc3)S[C@H]3CS(=O)(=O)C[C@H]32)cc1OCC. The maximum Gasteiger partial charge on any atom is 0.279 e. The van der Waals surface area contributed by atoms with Crippen LogP contribution < -0.4 is 14.4 Å². The number of rotatable bonds is 6. The second-order valence-corrected chi connectivity index (χ2v) is 11.6. The average molecular weight is 539 g/mol. The fraction of sp³-hybridized carbons (Fsp3) is 0.364. The Morgan fingerprint density at radius 2 is 1.78 bits per heavy atom. The van der Waals surface area contributed by atoms with Crippen molar-refractivity contribution in [1.29, 1.82) is 0 Å². The Labute approximate surface area is 200 Å². The first-order valence-corrected chi connectivity index (χ1v) is 13.8. The van der Waals surface area contributed by atoms with Crippen LogP contribution in [0, 0.1) is 0 Å². The van der Waals surface area contributed by atoms with Gasteiger partial charge in [0.2, 0.25) is 0 Å². The van der Waals surface area contributed by atoms with Gasteiger partial charge in [-0.3, -0.25) is 4.79 Å². The van der Waals surface area contributed by atoms with Crippen LogP contribution in [0.5, 0.6) is 11.5 Å². The van der Waals surface area contributed by atoms with E-state index in [0.29, 0.717) is 45.6 Å². The molecule has 0 N–H and O–H groups in total. The van der Waals surface area contributed by atoms with Crippen LogP contribution in [0.4, 0.5) is 5.69 Å². The number of carbonyl (C=O) groups is 1. The summed E-state index contributed by atoms with van der Waals surface area (Å²) in [7, 11) is -3.17. The fourth-order valence-electron chi connectivity index (χ4n) is 3.82. The average Bonchev–Trinajstić information content (AvgIpc) is 3.21. The molecule has 32 heavy (non-hydrogen) atoms. The molecule has 2 saturated heterocycles. The summed E-state index contributed by atoms with van der Waals surface area (Å²) in [5.41, 5.74) is 1.17. The van der Waals surface area contributed by atoms with Gasteiger partial charge in [-0.05, 0) is 41.9 Å². The zero-order chi connectivity index (χ0) is 22.9. The van der Waals surface area contributed by atoms with Gasteiger partial charge in [-0.15, -0.1) is 0 Å². The van der Waals surface area contributed by atoms with Gasteiger partial charge in [0.25, 0.3) is 5.91 Å². The minimum atomic E-state index is -3.17. The Bertz CT molecular complexity index is 1150. The standard InChI is InChI=1S/C22H23BrN2O5S2/c1-3-29-18-10-15(23)16(11-19(18)30-4-2)25-17-12-32(27,28)13-20(17)31-22(25)24-21(26)14-8-6-5-7-9-14/h5-11,17,20H,3-4,12-13H2,1-2H3/t17-,20+/m1/s1. The largest absolute Gasteiger partial charge is 0.490 e. The van der Waals surface area contributed by atoms with Gasteiger partial charge in [0.05, 0.1) is 36.4 Å². The Balaban J connectivity index is 1.79. The van der Waals surface area contributed by atoms with E-state index in [1.807, 2.05) is 36.9 Å². The van der Waals surface area contributed by atoms with Crippen molar-refractivity contribution in [3.05, 3.63) is 52.5 Å². The number of halogens is 1. The molecule has 2 heterocycles. The molecule has 2 aromatic rings. The number of carbonyl (C=O) groups excluding carboxylic acids is 1. The maximum absolute atomic E-state index is 12.8. The number of benzene rings is 2. The van der Waals surface area contributed by atoms with Crippen molar-refractivity contribution in [3.63, 3.8) is 0 Å². The zero-order valence-corrected chi connectivity index (χ0v) is 20.9. The van der Waals surface area contributed by atoms with Crippen LogP contribution in [0.15, 0.2) is 51.9 Å². The Morgan fingerprint density at radius 3 is 2.44 bits per heavy atom. The van der Waals surface area contributed by atoms with E-state index in [2.05, 4.69) is 20.9 Å². The van der Waals surface area contributed by atoms with Crippen LogP contribution in [-0.2, 0) is 9.84 Å². The number of anilines is 1. The predicted octanol–water partition coefficient (Wildman–Crippen LogP) is 4.16. The van der Waals surface area contributed by atoms with Gasteiger partial charge in [0.1, 0.15) is 0 Å². The third-order valence-corrected chi connectivity index (χ3v) is 9.00. The lowest BCUT2D eigenvalue weighted by Gasteiger charge is -2.27. The molecule has 2 aliphatic rings. The smallest absolute Gasteiger partial charge is 0.279 e. The first kappa shape index (κ1) is 23.1. The number of hydrogen-bond donors (Lipinski definition) is 0. The van der Waals surface area contributed by atoms with Gasteiger partial charge >= 0.3 is 0 Å². The number of ether oxygens (including phenoxy) is 2. The summed E-state index contributed by atoms with van der Waals surface area (Å²) in [6.07, 6.45) is 0. The van der Waals surface area contributed by atoms with Crippen LogP contribution in [0.1, 0.15) is 24.2 Å². The summed E-state index contributed by atoms with van der Waals surface area (Å²) in [5.74, 6) is 0.840. The maximum atomic E-state index is 12.8. The highest BCUT2D eigenvalue weighted by Crippen LogP contribution is 2.46. The molecular weight excluding hydrogens is 516 g/mol. The summed E-state index contributed by atoms with van der Waals surface area (Å²) in [5, 5.41) is 0.285. The molecule has 7 nitrogen and oxygen atoms in total. The molecule has 0 saturated carbocycles. The van der Waals surface area contributed by atoms with E-state index in [-0.39, 0.29) is 28.7 Å². The third kappa shape index (κ3) is 4.67. The van der Waals surface area contributed by atoms with Crippen LogP contribution in [0.25, 0.3) is 0 Å². The number of thioether (sulfide) groups is 1. The second kappa shape index (κ2) is 9.44. The van der Waals surface area contributed by atoms with E-state index in [1.165, 1.54) is 11.8 Å². The highest BCUT2D eigenvalue weighted by molar-refractivity contribution is 9.10. The number of nitrogens with zero attached hydrogens (tertiary/aromatic N) is 2.